The zero-order valence-corrected chi connectivity index (χ0v) is 16.7. The second-order valence-electron chi connectivity index (χ2n) is 6.13. The van der Waals surface area contributed by atoms with Crippen molar-refractivity contribution >= 4 is 46.7 Å². The molecule has 3 heterocycles. The van der Waals surface area contributed by atoms with E-state index in [0.29, 0.717) is 38.2 Å². The van der Waals surface area contributed by atoms with Crippen molar-refractivity contribution in [1.82, 2.24) is 10.2 Å². The number of rotatable bonds is 9. The number of imide groups is 1. The van der Waals surface area contributed by atoms with Gasteiger partial charge in [0.2, 0.25) is 0 Å². The number of ether oxygens (including phenoxy) is 1. The van der Waals surface area contributed by atoms with Crippen LogP contribution in [0.1, 0.15) is 11.3 Å². The molecule has 144 valence electrons. The number of carbonyl (C=O) groups excluding carboxylic acids is 3. The maximum atomic E-state index is 12.9. The van der Waals surface area contributed by atoms with Crippen LogP contribution in [0.5, 0.6) is 0 Å². The van der Waals surface area contributed by atoms with Crippen molar-refractivity contribution in [3.8, 4) is 0 Å². The third-order valence-corrected chi connectivity index (χ3v) is 6.24. The maximum Gasteiger partial charge on any atom is 0.501 e. The van der Waals surface area contributed by atoms with Gasteiger partial charge >= 0.3 is 11.9 Å². The van der Waals surface area contributed by atoms with Crippen LogP contribution in [0.3, 0.4) is 0 Å². The van der Waals surface area contributed by atoms with Gasteiger partial charge in [-0.25, -0.2) is 4.79 Å². The van der Waals surface area contributed by atoms with Crippen molar-refractivity contribution < 1.29 is 23.7 Å². The number of fused-ring (bicyclic) bond motifs is 1. The summed E-state index contributed by atoms with van der Waals surface area (Å²) < 4.78 is 6.37. The summed E-state index contributed by atoms with van der Waals surface area (Å²) in [5, 5.41) is 6.11. The minimum absolute atomic E-state index is 0.0919. The molecule has 0 saturated carbocycles. The first kappa shape index (κ1) is 19.8. The summed E-state index contributed by atoms with van der Waals surface area (Å²) in [5.74, 6) is -0.457. The van der Waals surface area contributed by atoms with Gasteiger partial charge in [-0.15, -0.1) is 23.1 Å². The molecule has 1 N–H and O–H groups in total. The van der Waals surface area contributed by atoms with Crippen molar-refractivity contribution in [2.45, 2.75) is 18.1 Å². The molecule has 0 radical (unpaired) electrons. The molecule has 1 aromatic rings. The highest BCUT2D eigenvalue weighted by atomic mass is 32.2. The Labute approximate surface area is 166 Å². The monoisotopic (exact) mass is 408 g/mol. The molecule has 0 aliphatic carbocycles. The van der Waals surface area contributed by atoms with Crippen molar-refractivity contribution in [2.24, 2.45) is 0 Å². The fourth-order valence-corrected chi connectivity index (χ4v) is 4.60. The number of methoxy groups -OCH3 is 1. The number of hydrogen-bond acceptors (Lipinski definition) is 6. The number of nitrogens with one attached hydrogen (secondary N) is 1. The Balaban J connectivity index is 1.69. The van der Waals surface area contributed by atoms with Crippen molar-refractivity contribution in [1.29, 1.82) is 0 Å². The molecule has 9 heteroatoms. The first-order valence-corrected chi connectivity index (χ1v) is 10.5. The zero-order chi connectivity index (χ0) is 19.2. The summed E-state index contributed by atoms with van der Waals surface area (Å²) in [6, 6.07) is 3.50. The second-order valence-corrected chi connectivity index (χ2v) is 8.18. The molecule has 1 unspecified atom stereocenters. The Morgan fingerprint density at radius 1 is 1.41 bits per heavy atom. The van der Waals surface area contributed by atoms with Crippen LogP contribution in [0.2, 0.25) is 0 Å². The number of allylic oxidation sites excluding steroid dienone is 1. The lowest BCUT2D eigenvalue weighted by Crippen LogP contribution is -2.57. The van der Waals surface area contributed by atoms with E-state index in [1.807, 2.05) is 17.5 Å². The Kier molecular flexibility index (Phi) is 6.81. The highest BCUT2D eigenvalue weighted by molar-refractivity contribution is 8.04. The second kappa shape index (κ2) is 9.29. The quantitative estimate of drug-likeness (QED) is 0.495. The van der Waals surface area contributed by atoms with Gasteiger partial charge in [0, 0.05) is 31.6 Å². The van der Waals surface area contributed by atoms with Gasteiger partial charge in [0.25, 0.3) is 5.91 Å². The van der Waals surface area contributed by atoms with Crippen LogP contribution >= 0.6 is 23.1 Å². The first-order chi connectivity index (χ1) is 13.1. The third-order valence-electron chi connectivity index (χ3n) is 4.30. The van der Waals surface area contributed by atoms with Gasteiger partial charge in [-0.1, -0.05) is 6.07 Å². The van der Waals surface area contributed by atoms with Crippen molar-refractivity contribution in [3.05, 3.63) is 33.9 Å². The topological polar surface area (TPSA) is 78.7 Å². The Hall–Kier alpha value is -1.97. The first-order valence-electron chi connectivity index (χ1n) is 8.71. The lowest BCUT2D eigenvalue weighted by molar-refractivity contribution is -0.426. The largest absolute Gasteiger partial charge is 0.501 e. The Morgan fingerprint density at radius 3 is 3.00 bits per heavy atom. The average Bonchev–Trinajstić information content (AvgIpc) is 3.34. The summed E-state index contributed by atoms with van der Waals surface area (Å²) in [6.45, 7) is 1.27. The smallest absolute Gasteiger partial charge is 0.385 e. The van der Waals surface area contributed by atoms with Gasteiger partial charge in [-0.3, -0.25) is 4.79 Å². The van der Waals surface area contributed by atoms with E-state index in [4.69, 9.17) is 4.74 Å². The molecule has 0 bridgehead atoms. The van der Waals surface area contributed by atoms with E-state index in [1.54, 1.807) is 29.9 Å². The molecule has 2 aliphatic rings. The molecule has 0 aromatic carbocycles. The van der Waals surface area contributed by atoms with Crippen LogP contribution in [0, 0.1) is 0 Å². The van der Waals surface area contributed by atoms with Crippen LogP contribution in [0.15, 0.2) is 29.0 Å². The van der Waals surface area contributed by atoms with Gasteiger partial charge in [0.1, 0.15) is 12.3 Å². The van der Waals surface area contributed by atoms with Crippen LogP contribution in [0.4, 0.5) is 4.79 Å². The van der Waals surface area contributed by atoms with Crippen LogP contribution in [-0.2, 0) is 20.7 Å². The summed E-state index contributed by atoms with van der Waals surface area (Å²) in [6.07, 6.45) is 3.07. The molecule has 4 amide bonds. The average molecular weight is 409 g/mol. The SMILES string of the molecule is COCCCNC(=O)C[N+]1=C2C=CSC2C(=O)N(CCc2cccs2)C1=O. The predicted octanol–water partition coefficient (Wildman–Crippen LogP) is 1.49. The van der Waals surface area contributed by atoms with Crippen molar-refractivity contribution in [2.75, 3.05) is 33.4 Å². The fraction of sp³-hybridized carbons (Fsp3) is 0.444. The summed E-state index contributed by atoms with van der Waals surface area (Å²) >= 11 is 2.97. The number of urea groups is 1. The Morgan fingerprint density at radius 2 is 2.26 bits per heavy atom. The maximum absolute atomic E-state index is 12.9. The van der Waals surface area contributed by atoms with Crippen LogP contribution < -0.4 is 5.32 Å². The molecule has 1 aromatic heterocycles. The standard InChI is InChI=1S/C18H21N3O4S2/c1-25-9-3-7-19-15(22)12-21-14-6-11-27-16(14)17(23)20(18(21)24)8-5-13-4-2-10-26-13/h2,4,6,10-11,16H,3,5,7-9,12H2,1H3/p+1. The molecule has 3 rings (SSSR count). The molecule has 0 fully saturated rings. The number of carbonyl (C=O) groups is 3. The Bertz CT molecular complexity index is 774. The minimum Gasteiger partial charge on any atom is -0.385 e. The minimum atomic E-state index is -0.452. The third kappa shape index (κ3) is 4.66. The van der Waals surface area contributed by atoms with Gasteiger partial charge in [0.15, 0.2) is 11.8 Å². The van der Waals surface area contributed by atoms with E-state index >= 15 is 0 Å². The number of amides is 4. The number of nitrogens with zero attached hydrogens (tertiary/aromatic N) is 2. The lowest BCUT2D eigenvalue weighted by atomic mass is 10.1. The van der Waals surface area contributed by atoms with E-state index in [0.717, 1.165) is 4.88 Å². The number of hydrogen-bond donors (Lipinski definition) is 1. The van der Waals surface area contributed by atoms with Crippen LogP contribution in [0.25, 0.3) is 0 Å². The fourth-order valence-electron chi connectivity index (χ4n) is 2.94. The van der Waals surface area contributed by atoms with E-state index in [1.165, 1.54) is 21.2 Å². The molecule has 2 aliphatic heterocycles. The highest BCUT2D eigenvalue weighted by Gasteiger charge is 2.49. The summed E-state index contributed by atoms with van der Waals surface area (Å²) in [7, 11) is 1.61. The van der Waals surface area contributed by atoms with Crippen LogP contribution in [-0.4, -0.2) is 71.6 Å². The van der Waals surface area contributed by atoms with Crippen molar-refractivity contribution in [3.63, 3.8) is 0 Å². The number of thiophene rings is 1. The molecule has 0 spiro atoms. The molecule has 1 atom stereocenters. The highest BCUT2D eigenvalue weighted by Crippen LogP contribution is 2.28. The van der Waals surface area contributed by atoms with E-state index < -0.39 is 11.3 Å². The lowest BCUT2D eigenvalue weighted by Gasteiger charge is -2.24. The molecular formula is C18H22N3O4S2+. The molecule has 27 heavy (non-hydrogen) atoms. The van der Waals surface area contributed by atoms with Gasteiger partial charge in [0.05, 0.1) is 0 Å². The number of thioether (sulfide) groups is 1. The molecule has 7 nitrogen and oxygen atoms in total. The predicted molar refractivity (Wildman–Crippen MR) is 105 cm³/mol. The van der Waals surface area contributed by atoms with E-state index in [2.05, 4.69) is 5.32 Å². The normalized spacial score (nSPS) is 19.0. The summed E-state index contributed by atoms with van der Waals surface area (Å²) in [4.78, 5) is 40.3. The molecule has 0 saturated heterocycles. The zero-order valence-electron chi connectivity index (χ0n) is 15.1. The molecular weight excluding hydrogens is 386 g/mol. The van der Waals surface area contributed by atoms with Gasteiger partial charge in [-0.2, -0.15) is 14.3 Å². The summed E-state index contributed by atoms with van der Waals surface area (Å²) in [5.41, 5.74) is 0.592. The van der Waals surface area contributed by atoms with Gasteiger partial charge in [-0.05, 0) is 29.4 Å². The van der Waals surface area contributed by atoms with E-state index in [9.17, 15) is 14.4 Å². The van der Waals surface area contributed by atoms with E-state index in [-0.39, 0.29) is 18.4 Å². The van der Waals surface area contributed by atoms with Gasteiger partial charge < -0.3 is 10.1 Å².